The predicted molar refractivity (Wildman–Crippen MR) is 65.6 cm³/mol. The van der Waals surface area contributed by atoms with Gasteiger partial charge in [-0.2, -0.15) is 0 Å². The summed E-state index contributed by atoms with van der Waals surface area (Å²) < 4.78 is 11.5. The highest BCUT2D eigenvalue weighted by Gasteiger charge is 2.38. The fourth-order valence-electron chi connectivity index (χ4n) is 1.94. The third-order valence-electron chi connectivity index (χ3n) is 3.28. The van der Waals surface area contributed by atoms with Crippen LogP contribution in [0.1, 0.15) is 31.3 Å². The third-order valence-corrected chi connectivity index (χ3v) is 3.28. The van der Waals surface area contributed by atoms with Crippen LogP contribution in [-0.2, 0) is 9.47 Å². The molecule has 0 saturated carbocycles. The quantitative estimate of drug-likeness (QED) is 0.857. The second-order valence-electron chi connectivity index (χ2n) is 5.35. The standard InChI is InChI=1S/C14H20O3/c1-10-4-6-11(7-5-10)13-16-9-14(2,3)12(8-15)17-13/h4-7,12-13,15H,8-9H2,1-3H3/t12-,13?/m0/s1. The van der Waals surface area contributed by atoms with E-state index in [0.29, 0.717) is 6.61 Å². The van der Waals surface area contributed by atoms with Crippen LogP contribution in [0.5, 0.6) is 0 Å². The van der Waals surface area contributed by atoms with Gasteiger partial charge in [0.2, 0.25) is 0 Å². The molecule has 0 aliphatic carbocycles. The van der Waals surface area contributed by atoms with E-state index in [1.54, 1.807) is 0 Å². The summed E-state index contributed by atoms with van der Waals surface area (Å²) in [6.07, 6.45) is -0.539. The van der Waals surface area contributed by atoms with Crippen molar-refractivity contribution in [3.63, 3.8) is 0 Å². The highest BCUT2D eigenvalue weighted by Crippen LogP contribution is 2.36. The minimum atomic E-state index is -0.360. The summed E-state index contributed by atoms with van der Waals surface area (Å²) in [6, 6.07) is 8.09. The fourth-order valence-corrected chi connectivity index (χ4v) is 1.94. The van der Waals surface area contributed by atoms with Crippen molar-refractivity contribution in [1.29, 1.82) is 0 Å². The molecule has 1 unspecified atom stereocenters. The molecule has 2 rings (SSSR count). The summed E-state index contributed by atoms with van der Waals surface area (Å²) in [5.74, 6) is 0. The Balaban J connectivity index is 2.12. The van der Waals surface area contributed by atoms with Crippen LogP contribution in [0.2, 0.25) is 0 Å². The summed E-state index contributed by atoms with van der Waals surface area (Å²) in [5.41, 5.74) is 2.07. The van der Waals surface area contributed by atoms with Crippen molar-refractivity contribution >= 4 is 0 Å². The molecule has 0 aromatic heterocycles. The summed E-state index contributed by atoms with van der Waals surface area (Å²) >= 11 is 0. The van der Waals surface area contributed by atoms with Crippen LogP contribution >= 0.6 is 0 Å². The van der Waals surface area contributed by atoms with E-state index in [1.807, 2.05) is 45.0 Å². The predicted octanol–water partition coefficient (Wildman–Crippen LogP) is 2.43. The van der Waals surface area contributed by atoms with Crippen LogP contribution in [0.4, 0.5) is 0 Å². The average molecular weight is 236 g/mol. The van der Waals surface area contributed by atoms with Crippen molar-refractivity contribution in [2.24, 2.45) is 5.41 Å². The van der Waals surface area contributed by atoms with Crippen LogP contribution in [-0.4, -0.2) is 24.4 Å². The second-order valence-corrected chi connectivity index (χ2v) is 5.35. The van der Waals surface area contributed by atoms with E-state index in [-0.39, 0.29) is 24.4 Å². The van der Waals surface area contributed by atoms with Gasteiger partial charge in [-0.15, -0.1) is 0 Å². The van der Waals surface area contributed by atoms with E-state index in [2.05, 4.69) is 0 Å². The summed E-state index contributed by atoms with van der Waals surface area (Å²) in [6.45, 7) is 6.75. The number of benzene rings is 1. The zero-order valence-corrected chi connectivity index (χ0v) is 10.6. The number of aryl methyl sites for hydroxylation is 1. The van der Waals surface area contributed by atoms with Gasteiger partial charge in [-0.3, -0.25) is 0 Å². The van der Waals surface area contributed by atoms with Crippen molar-refractivity contribution in [3.8, 4) is 0 Å². The Morgan fingerprint density at radius 2 is 1.94 bits per heavy atom. The van der Waals surface area contributed by atoms with E-state index in [4.69, 9.17) is 9.47 Å². The number of hydrogen-bond acceptors (Lipinski definition) is 3. The molecule has 0 bridgehead atoms. The Morgan fingerprint density at radius 3 is 2.53 bits per heavy atom. The van der Waals surface area contributed by atoms with Gasteiger partial charge in [0.15, 0.2) is 6.29 Å². The molecule has 17 heavy (non-hydrogen) atoms. The normalized spacial score (nSPS) is 28.0. The maximum absolute atomic E-state index is 9.35. The van der Waals surface area contributed by atoms with Crippen LogP contribution in [0, 0.1) is 12.3 Å². The highest BCUT2D eigenvalue weighted by atomic mass is 16.7. The lowest BCUT2D eigenvalue weighted by Gasteiger charge is -2.41. The molecular weight excluding hydrogens is 216 g/mol. The van der Waals surface area contributed by atoms with Crippen molar-refractivity contribution < 1.29 is 14.6 Å². The zero-order chi connectivity index (χ0) is 12.5. The van der Waals surface area contributed by atoms with E-state index < -0.39 is 0 Å². The summed E-state index contributed by atoms with van der Waals surface area (Å²) in [5, 5.41) is 9.35. The van der Waals surface area contributed by atoms with Gasteiger partial charge >= 0.3 is 0 Å². The first-order valence-electron chi connectivity index (χ1n) is 5.97. The summed E-state index contributed by atoms with van der Waals surface area (Å²) in [7, 11) is 0. The molecule has 94 valence electrons. The van der Waals surface area contributed by atoms with Gasteiger partial charge in [-0.05, 0) is 6.92 Å². The van der Waals surface area contributed by atoms with Gasteiger partial charge in [0.05, 0.1) is 19.3 Å². The van der Waals surface area contributed by atoms with E-state index in [0.717, 1.165) is 5.56 Å². The van der Waals surface area contributed by atoms with Gasteiger partial charge < -0.3 is 14.6 Å². The molecule has 1 heterocycles. The van der Waals surface area contributed by atoms with Gasteiger partial charge in [-0.1, -0.05) is 43.7 Å². The second kappa shape index (κ2) is 4.77. The molecule has 1 fully saturated rings. The fraction of sp³-hybridized carbons (Fsp3) is 0.571. The van der Waals surface area contributed by atoms with Crippen molar-refractivity contribution in [3.05, 3.63) is 35.4 Å². The largest absolute Gasteiger partial charge is 0.394 e. The first-order valence-corrected chi connectivity index (χ1v) is 5.97. The lowest BCUT2D eigenvalue weighted by molar-refractivity contribution is -0.271. The zero-order valence-electron chi connectivity index (χ0n) is 10.6. The van der Waals surface area contributed by atoms with Crippen LogP contribution in [0.15, 0.2) is 24.3 Å². The molecule has 1 N–H and O–H groups in total. The highest BCUT2D eigenvalue weighted by molar-refractivity contribution is 5.22. The average Bonchev–Trinajstić information content (AvgIpc) is 2.30. The smallest absolute Gasteiger partial charge is 0.184 e. The van der Waals surface area contributed by atoms with Gasteiger partial charge in [-0.25, -0.2) is 0 Å². The molecule has 3 nitrogen and oxygen atoms in total. The third kappa shape index (κ3) is 2.68. The first kappa shape index (κ1) is 12.6. The maximum atomic E-state index is 9.35. The Labute approximate surface area is 102 Å². The van der Waals surface area contributed by atoms with Crippen molar-refractivity contribution in [2.75, 3.05) is 13.2 Å². The van der Waals surface area contributed by atoms with Crippen molar-refractivity contribution in [2.45, 2.75) is 33.2 Å². The topological polar surface area (TPSA) is 38.7 Å². The van der Waals surface area contributed by atoms with E-state index in [1.165, 1.54) is 5.56 Å². The SMILES string of the molecule is Cc1ccc(C2OCC(C)(C)[C@H](CO)O2)cc1. The number of aliphatic hydroxyl groups is 1. The molecule has 3 heteroatoms. The number of ether oxygens (including phenoxy) is 2. The Kier molecular flexibility index (Phi) is 3.52. The van der Waals surface area contributed by atoms with Crippen LogP contribution < -0.4 is 0 Å². The lowest BCUT2D eigenvalue weighted by Crippen LogP contribution is -2.44. The van der Waals surface area contributed by atoms with Crippen LogP contribution in [0.3, 0.4) is 0 Å². The number of rotatable bonds is 2. The van der Waals surface area contributed by atoms with Gasteiger partial charge in [0.25, 0.3) is 0 Å². The maximum Gasteiger partial charge on any atom is 0.184 e. The van der Waals surface area contributed by atoms with Crippen LogP contribution in [0.25, 0.3) is 0 Å². The Bertz CT molecular complexity index is 370. The first-order chi connectivity index (χ1) is 8.03. The van der Waals surface area contributed by atoms with Gasteiger partial charge in [0, 0.05) is 11.0 Å². The van der Waals surface area contributed by atoms with E-state index in [9.17, 15) is 5.11 Å². The number of hydrogen-bond donors (Lipinski definition) is 1. The molecule has 1 saturated heterocycles. The van der Waals surface area contributed by atoms with E-state index >= 15 is 0 Å². The molecule has 1 aromatic rings. The minimum Gasteiger partial charge on any atom is -0.394 e. The Hall–Kier alpha value is -0.900. The van der Waals surface area contributed by atoms with Gasteiger partial charge in [0.1, 0.15) is 0 Å². The van der Waals surface area contributed by atoms with Crippen molar-refractivity contribution in [1.82, 2.24) is 0 Å². The molecule has 1 aliphatic heterocycles. The summed E-state index contributed by atoms with van der Waals surface area (Å²) in [4.78, 5) is 0. The number of aliphatic hydroxyl groups excluding tert-OH is 1. The minimum absolute atomic E-state index is 0.0265. The lowest BCUT2D eigenvalue weighted by atomic mass is 9.87. The molecule has 1 aromatic carbocycles. The molecule has 0 radical (unpaired) electrons. The molecule has 0 spiro atoms. The molecule has 1 aliphatic rings. The Morgan fingerprint density at radius 1 is 1.29 bits per heavy atom. The molecule has 2 atom stereocenters. The molecular formula is C14H20O3. The molecule has 0 amide bonds. The monoisotopic (exact) mass is 236 g/mol.